The van der Waals surface area contributed by atoms with Crippen molar-refractivity contribution in [1.29, 1.82) is 0 Å². The van der Waals surface area contributed by atoms with Gasteiger partial charge in [0.1, 0.15) is 22.2 Å². The Morgan fingerprint density at radius 2 is 2.00 bits per heavy atom. The lowest BCUT2D eigenvalue weighted by molar-refractivity contribution is 0.304. The molecule has 108 valence electrons. The molecule has 21 heavy (non-hydrogen) atoms. The molecule has 0 radical (unpaired) electrons. The molecule has 4 nitrogen and oxygen atoms in total. The number of benzene rings is 1. The van der Waals surface area contributed by atoms with E-state index in [2.05, 4.69) is 14.6 Å². The van der Waals surface area contributed by atoms with Crippen LogP contribution in [0.3, 0.4) is 0 Å². The molecule has 8 heteroatoms. The summed E-state index contributed by atoms with van der Waals surface area (Å²) < 4.78 is 10.0. The normalized spacial score (nSPS) is 11.0. The van der Waals surface area contributed by atoms with E-state index in [4.69, 9.17) is 39.5 Å². The summed E-state index contributed by atoms with van der Waals surface area (Å²) in [6, 6.07) is 5.41. The van der Waals surface area contributed by atoms with Gasteiger partial charge in [0.2, 0.25) is 0 Å². The van der Waals surface area contributed by atoms with Crippen molar-refractivity contribution in [3.63, 3.8) is 0 Å². The molecule has 0 unspecified atom stereocenters. The van der Waals surface area contributed by atoms with Crippen molar-refractivity contribution >= 4 is 57.2 Å². The second-order valence-electron chi connectivity index (χ2n) is 4.30. The molecule has 0 N–H and O–H groups in total. The Morgan fingerprint density at radius 1 is 1.19 bits per heavy atom. The molecule has 2 heterocycles. The molecule has 0 spiro atoms. The number of hydrogen-bond acceptors (Lipinski definition) is 5. The number of nitrogens with zero attached hydrogens (tertiary/aromatic N) is 3. The molecule has 0 aliphatic heterocycles. The molecule has 3 aromatic rings. The van der Waals surface area contributed by atoms with Crippen molar-refractivity contribution in [2.24, 2.45) is 0 Å². The maximum atomic E-state index is 6.22. The predicted octanol–water partition coefficient (Wildman–Crippen LogP) is 4.93. The highest BCUT2D eigenvalue weighted by Crippen LogP contribution is 2.37. The molecule has 1 aromatic carbocycles. The van der Waals surface area contributed by atoms with Crippen LogP contribution < -0.4 is 4.74 Å². The van der Waals surface area contributed by atoms with Gasteiger partial charge >= 0.3 is 0 Å². The fraction of sp³-hybridized carbons (Fsp3) is 0.154. The maximum absolute atomic E-state index is 6.22. The van der Waals surface area contributed by atoms with Crippen LogP contribution in [-0.4, -0.2) is 14.6 Å². The highest BCUT2D eigenvalue weighted by Gasteiger charge is 2.15. The molecule has 0 saturated heterocycles. The van der Waals surface area contributed by atoms with Crippen molar-refractivity contribution in [1.82, 2.24) is 14.6 Å². The fourth-order valence-corrected chi connectivity index (χ4v) is 3.02. The molecule has 0 atom stereocenters. The molecule has 0 fully saturated rings. The van der Waals surface area contributed by atoms with Crippen molar-refractivity contribution in [3.8, 4) is 5.75 Å². The van der Waals surface area contributed by atoms with E-state index in [0.717, 1.165) is 22.6 Å². The topological polar surface area (TPSA) is 47.9 Å². The lowest BCUT2D eigenvalue weighted by Crippen LogP contribution is -1.99. The first-order valence-electron chi connectivity index (χ1n) is 5.91. The minimum Gasteiger partial charge on any atom is -0.483 e. The summed E-state index contributed by atoms with van der Waals surface area (Å²) in [5, 5.41) is 5.60. The third kappa shape index (κ3) is 2.92. The average Bonchev–Trinajstić information content (AvgIpc) is 2.83. The van der Waals surface area contributed by atoms with E-state index in [1.165, 1.54) is 0 Å². The second kappa shape index (κ2) is 5.93. The van der Waals surface area contributed by atoms with E-state index < -0.39 is 0 Å². The Balaban J connectivity index is 2.05. The number of fused-ring (bicyclic) bond motifs is 1. The first kappa shape index (κ1) is 14.8. The van der Waals surface area contributed by atoms with Gasteiger partial charge in [-0.15, -0.1) is 5.10 Å². The van der Waals surface area contributed by atoms with Gasteiger partial charge in [-0.2, -0.15) is 0 Å². The van der Waals surface area contributed by atoms with Crippen LogP contribution in [0.2, 0.25) is 14.4 Å². The third-order valence-corrected chi connectivity index (χ3v) is 4.42. The molecule has 3 rings (SSSR count). The van der Waals surface area contributed by atoms with Crippen LogP contribution in [0, 0.1) is 6.92 Å². The smallest absolute Gasteiger partial charge is 0.164 e. The predicted molar refractivity (Wildman–Crippen MR) is 85.8 cm³/mol. The van der Waals surface area contributed by atoms with Crippen molar-refractivity contribution < 1.29 is 4.74 Å². The minimum atomic E-state index is 0.168. The molecule has 2 aromatic heterocycles. The molecule has 0 aliphatic carbocycles. The van der Waals surface area contributed by atoms with Gasteiger partial charge < -0.3 is 4.74 Å². The average molecular weight is 361 g/mol. The molecule has 0 amide bonds. The van der Waals surface area contributed by atoms with Gasteiger partial charge in [-0.25, -0.2) is 4.98 Å². The number of rotatable bonds is 3. The standard InChI is InChI=1S/C13H8Cl3N3OS/c1-6-2-3-7-8(14)4-9(15)12(11(7)17-6)20-5-10-13(16)21-19-18-10/h2-4H,5H2,1H3. The second-order valence-corrected chi connectivity index (χ2v) is 6.47. The summed E-state index contributed by atoms with van der Waals surface area (Å²) in [6.07, 6.45) is 0. The van der Waals surface area contributed by atoms with Crippen LogP contribution in [0.5, 0.6) is 5.75 Å². The number of aryl methyl sites for hydroxylation is 1. The van der Waals surface area contributed by atoms with Crippen molar-refractivity contribution in [3.05, 3.63) is 44.0 Å². The minimum absolute atomic E-state index is 0.168. The Labute approximate surface area is 139 Å². The van der Waals surface area contributed by atoms with E-state index in [9.17, 15) is 0 Å². The Hall–Kier alpha value is -1.14. The summed E-state index contributed by atoms with van der Waals surface area (Å²) >= 11 is 19.5. The number of pyridine rings is 1. The molecular weight excluding hydrogens is 353 g/mol. The van der Waals surface area contributed by atoms with E-state index in [-0.39, 0.29) is 6.61 Å². The molecule has 0 aliphatic rings. The zero-order valence-corrected chi connectivity index (χ0v) is 13.8. The molecule has 0 saturated carbocycles. The number of hydrogen-bond donors (Lipinski definition) is 0. The highest BCUT2D eigenvalue weighted by molar-refractivity contribution is 7.10. The van der Waals surface area contributed by atoms with Crippen LogP contribution in [0.15, 0.2) is 18.2 Å². The quantitative estimate of drug-likeness (QED) is 0.664. The summed E-state index contributed by atoms with van der Waals surface area (Å²) in [4.78, 5) is 4.46. The van der Waals surface area contributed by atoms with E-state index >= 15 is 0 Å². The number of aromatic nitrogens is 3. The van der Waals surface area contributed by atoms with Gasteiger partial charge in [-0.3, -0.25) is 0 Å². The maximum Gasteiger partial charge on any atom is 0.164 e. The number of ether oxygens (including phenoxy) is 1. The van der Waals surface area contributed by atoms with E-state index in [1.807, 2.05) is 19.1 Å². The van der Waals surface area contributed by atoms with Gasteiger partial charge in [0, 0.05) is 22.6 Å². The summed E-state index contributed by atoms with van der Waals surface area (Å²) in [6.45, 7) is 2.06. The Morgan fingerprint density at radius 3 is 2.71 bits per heavy atom. The van der Waals surface area contributed by atoms with Crippen LogP contribution in [-0.2, 0) is 6.61 Å². The molecule has 0 bridgehead atoms. The zero-order chi connectivity index (χ0) is 15.0. The van der Waals surface area contributed by atoms with Crippen molar-refractivity contribution in [2.45, 2.75) is 13.5 Å². The van der Waals surface area contributed by atoms with Gasteiger partial charge in [0.05, 0.1) is 10.0 Å². The lowest BCUT2D eigenvalue weighted by atomic mass is 10.2. The van der Waals surface area contributed by atoms with E-state index in [1.54, 1.807) is 6.07 Å². The van der Waals surface area contributed by atoms with Crippen molar-refractivity contribution in [2.75, 3.05) is 0 Å². The third-order valence-electron chi connectivity index (χ3n) is 2.84. The highest BCUT2D eigenvalue weighted by atomic mass is 35.5. The summed E-state index contributed by atoms with van der Waals surface area (Å²) in [5.41, 5.74) is 2.03. The fourth-order valence-electron chi connectivity index (χ4n) is 1.85. The lowest BCUT2D eigenvalue weighted by Gasteiger charge is -2.11. The summed E-state index contributed by atoms with van der Waals surface area (Å²) in [7, 11) is 0. The zero-order valence-electron chi connectivity index (χ0n) is 10.7. The largest absolute Gasteiger partial charge is 0.483 e. The Kier molecular flexibility index (Phi) is 4.17. The van der Waals surface area contributed by atoms with Gasteiger partial charge in [0.25, 0.3) is 0 Å². The monoisotopic (exact) mass is 359 g/mol. The van der Waals surface area contributed by atoms with Crippen LogP contribution in [0.4, 0.5) is 0 Å². The summed E-state index contributed by atoms with van der Waals surface area (Å²) in [5.74, 6) is 0.462. The van der Waals surface area contributed by atoms with Gasteiger partial charge in [0.15, 0.2) is 5.75 Å². The number of halogens is 3. The van der Waals surface area contributed by atoms with E-state index in [0.29, 0.717) is 31.3 Å². The molecular formula is C13H8Cl3N3OS. The van der Waals surface area contributed by atoms with Crippen LogP contribution >= 0.6 is 46.3 Å². The van der Waals surface area contributed by atoms with Crippen LogP contribution in [0.1, 0.15) is 11.4 Å². The first-order chi connectivity index (χ1) is 10.1. The Bertz CT molecular complexity index is 822. The van der Waals surface area contributed by atoms with Gasteiger partial charge in [-0.1, -0.05) is 39.3 Å². The van der Waals surface area contributed by atoms with Crippen LogP contribution in [0.25, 0.3) is 10.9 Å². The first-order valence-corrected chi connectivity index (χ1v) is 7.82. The SMILES string of the molecule is Cc1ccc2c(Cl)cc(Cl)c(OCc3nnsc3Cl)c2n1. The van der Waals surface area contributed by atoms with Gasteiger partial charge in [-0.05, 0) is 25.1 Å².